The molecule has 0 spiro atoms. The van der Waals surface area contributed by atoms with Crippen LogP contribution in [-0.4, -0.2) is 34.4 Å². The summed E-state index contributed by atoms with van der Waals surface area (Å²) in [6, 6.07) is 16.9. The molecule has 9 nitrogen and oxygen atoms in total. The molecule has 178 valence electrons. The Kier molecular flexibility index (Phi) is 8.48. The first-order valence-corrected chi connectivity index (χ1v) is 11.9. The molecule has 0 aliphatic heterocycles. The maximum absolute atomic E-state index is 13.4. The van der Waals surface area contributed by atoms with Crippen molar-refractivity contribution < 1.29 is 29.6 Å². The molecule has 0 saturated heterocycles. The van der Waals surface area contributed by atoms with E-state index < -0.39 is 0 Å². The molecule has 0 atom stereocenters. The van der Waals surface area contributed by atoms with Crippen molar-refractivity contribution >= 4 is 23.2 Å². The number of aryl methyl sites for hydroxylation is 1. The van der Waals surface area contributed by atoms with Gasteiger partial charge >= 0.3 is 35.2 Å². The fourth-order valence-electron chi connectivity index (χ4n) is 3.93. The van der Waals surface area contributed by atoms with Gasteiger partial charge in [-0.2, -0.15) is 9.90 Å². The largest absolute Gasteiger partial charge is 1.00 e. The Balaban J connectivity index is 0.00000304. The second kappa shape index (κ2) is 11.6. The molecule has 0 saturated carbocycles. The van der Waals surface area contributed by atoms with Crippen LogP contribution in [-0.2, 0) is 13.0 Å². The standard InChI is InChI=1S/C24H21Cl2N8O.Na/c1-2-3-9-21-29-34(22-18(25)6-4-7-19(22)26)24(35)33(21)15-16-10-12-17(13-11-16)32-14-5-8-20(32)23-27-30-31-28-23;/h4-8,10-14H,2-3,9,15H2,1H3;/q-1;+1. The van der Waals surface area contributed by atoms with Gasteiger partial charge in [0.1, 0.15) is 11.5 Å². The number of hydrogen-bond donors (Lipinski definition) is 0. The number of aromatic nitrogens is 8. The molecule has 0 aliphatic carbocycles. The summed E-state index contributed by atoms with van der Waals surface area (Å²) in [4.78, 5) is 13.4. The zero-order valence-electron chi connectivity index (χ0n) is 19.8. The van der Waals surface area contributed by atoms with Crippen molar-refractivity contribution in [3.05, 3.63) is 92.7 Å². The van der Waals surface area contributed by atoms with Crippen LogP contribution in [0.1, 0.15) is 31.2 Å². The van der Waals surface area contributed by atoms with Gasteiger partial charge in [0.15, 0.2) is 0 Å². The van der Waals surface area contributed by atoms with Crippen LogP contribution in [0.25, 0.3) is 22.9 Å². The van der Waals surface area contributed by atoms with Crippen LogP contribution in [0.15, 0.2) is 65.6 Å². The third-order valence-electron chi connectivity index (χ3n) is 5.69. The molecular formula is C24H21Cl2N8NaO. The van der Waals surface area contributed by atoms with Crippen molar-refractivity contribution in [2.45, 2.75) is 32.7 Å². The fourth-order valence-corrected chi connectivity index (χ4v) is 4.49. The molecule has 0 unspecified atom stereocenters. The predicted molar refractivity (Wildman–Crippen MR) is 133 cm³/mol. The minimum atomic E-state index is -0.281. The molecule has 0 aliphatic rings. The van der Waals surface area contributed by atoms with Crippen molar-refractivity contribution in [3.63, 3.8) is 0 Å². The second-order valence-electron chi connectivity index (χ2n) is 8.00. The Bertz CT molecular complexity index is 1490. The normalized spacial score (nSPS) is 11.0. The topological polar surface area (TPSA) is 97.5 Å². The average molecular weight is 531 g/mol. The Morgan fingerprint density at radius 2 is 1.75 bits per heavy atom. The van der Waals surface area contributed by atoms with E-state index in [0.29, 0.717) is 40.3 Å². The number of para-hydroxylation sites is 1. The zero-order chi connectivity index (χ0) is 24.4. The molecule has 0 radical (unpaired) electrons. The molecular weight excluding hydrogens is 510 g/mol. The van der Waals surface area contributed by atoms with Crippen molar-refractivity contribution in [2.75, 3.05) is 0 Å². The quantitative estimate of drug-likeness (QED) is 0.281. The summed E-state index contributed by atoms with van der Waals surface area (Å²) in [6.07, 6.45) is 4.49. The second-order valence-corrected chi connectivity index (χ2v) is 8.82. The van der Waals surface area contributed by atoms with Crippen LogP contribution in [0, 0.1) is 0 Å². The van der Waals surface area contributed by atoms with E-state index in [0.717, 1.165) is 29.8 Å². The van der Waals surface area contributed by atoms with Gasteiger partial charge in [0, 0.05) is 18.3 Å². The number of nitrogens with zero attached hydrogens (tertiary/aromatic N) is 8. The van der Waals surface area contributed by atoms with Crippen LogP contribution in [0.5, 0.6) is 0 Å². The molecule has 3 heterocycles. The van der Waals surface area contributed by atoms with E-state index in [4.69, 9.17) is 23.2 Å². The van der Waals surface area contributed by atoms with E-state index in [-0.39, 0.29) is 35.2 Å². The minimum Gasteiger partial charge on any atom is -0.329 e. The summed E-state index contributed by atoms with van der Waals surface area (Å²) in [6.45, 7) is 2.48. The molecule has 3 aromatic heterocycles. The smallest absolute Gasteiger partial charge is 0.329 e. The van der Waals surface area contributed by atoms with Crippen molar-refractivity contribution in [2.24, 2.45) is 0 Å². The first-order valence-electron chi connectivity index (χ1n) is 11.2. The SMILES string of the molecule is CCCCc1nn(-c2c(Cl)cccc2Cl)c(=O)n1Cc1ccc(-n2cccc2-c2nnn[n-]2)cc1.[Na+]. The molecule has 36 heavy (non-hydrogen) atoms. The molecule has 5 rings (SSSR count). The van der Waals surface area contributed by atoms with E-state index >= 15 is 0 Å². The van der Waals surface area contributed by atoms with Gasteiger partial charge in [0.2, 0.25) is 0 Å². The first kappa shape index (κ1) is 26.4. The summed E-state index contributed by atoms with van der Waals surface area (Å²) in [5.41, 5.74) is 2.79. The van der Waals surface area contributed by atoms with Crippen LogP contribution >= 0.6 is 23.2 Å². The monoisotopic (exact) mass is 530 g/mol. The Morgan fingerprint density at radius 1 is 1.00 bits per heavy atom. The van der Waals surface area contributed by atoms with Crippen LogP contribution in [0.4, 0.5) is 0 Å². The number of unbranched alkanes of at least 4 members (excludes halogenated alkanes) is 1. The van der Waals surface area contributed by atoms with Crippen LogP contribution in [0.3, 0.4) is 0 Å². The van der Waals surface area contributed by atoms with Gasteiger partial charge in [-0.1, -0.05) is 54.7 Å². The maximum atomic E-state index is 13.4. The summed E-state index contributed by atoms with van der Waals surface area (Å²) in [5.74, 6) is 1.15. The molecule has 0 fully saturated rings. The summed E-state index contributed by atoms with van der Waals surface area (Å²) < 4.78 is 4.94. The molecule has 0 bridgehead atoms. The Morgan fingerprint density at radius 3 is 2.42 bits per heavy atom. The van der Waals surface area contributed by atoms with Gasteiger partial charge in [-0.25, -0.2) is 4.79 Å². The number of rotatable bonds is 8. The summed E-state index contributed by atoms with van der Waals surface area (Å²) in [5, 5.41) is 20.4. The zero-order valence-corrected chi connectivity index (χ0v) is 23.4. The predicted octanol–water partition coefficient (Wildman–Crippen LogP) is 1.34. The van der Waals surface area contributed by atoms with E-state index in [1.54, 1.807) is 22.8 Å². The molecule has 2 aromatic carbocycles. The third-order valence-corrected chi connectivity index (χ3v) is 6.30. The van der Waals surface area contributed by atoms with Crippen molar-refractivity contribution in [1.29, 1.82) is 0 Å². The van der Waals surface area contributed by atoms with E-state index in [1.807, 2.05) is 47.2 Å². The van der Waals surface area contributed by atoms with Crippen LogP contribution < -0.4 is 40.3 Å². The molecule has 0 amide bonds. The van der Waals surface area contributed by atoms with Gasteiger partial charge < -0.3 is 9.67 Å². The first-order chi connectivity index (χ1) is 17.1. The Hall–Kier alpha value is -2.69. The fraction of sp³-hybridized carbons (Fsp3) is 0.208. The van der Waals surface area contributed by atoms with Gasteiger partial charge in [-0.15, -0.1) is 5.10 Å². The minimum absolute atomic E-state index is 0. The van der Waals surface area contributed by atoms with Gasteiger partial charge in [0.25, 0.3) is 0 Å². The van der Waals surface area contributed by atoms with Gasteiger partial charge in [-0.3, -0.25) is 14.9 Å². The number of halogens is 2. The summed E-state index contributed by atoms with van der Waals surface area (Å²) in [7, 11) is 0. The number of tetrazole rings is 1. The third kappa shape index (κ3) is 5.21. The van der Waals surface area contributed by atoms with E-state index in [1.165, 1.54) is 4.68 Å². The van der Waals surface area contributed by atoms with E-state index in [2.05, 4.69) is 32.6 Å². The molecule has 12 heteroatoms. The van der Waals surface area contributed by atoms with Gasteiger partial charge in [0.05, 0.1) is 28.1 Å². The number of hydrogen-bond acceptors (Lipinski definition) is 5. The average Bonchev–Trinajstić information content (AvgIpc) is 3.61. The summed E-state index contributed by atoms with van der Waals surface area (Å²) >= 11 is 12.7. The van der Waals surface area contributed by atoms with Crippen LogP contribution in [0.2, 0.25) is 10.0 Å². The van der Waals surface area contributed by atoms with E-state index in [9.17, 15) is 4.79 Å². The van der Waals surface area contributed by atoms with Crippen molar-refractivity contribution in [3.8, 4) is 22.9 Å². The van der Waals surface area contributed by atoms with Crippen molar-refractivity contribution in [1.82, 2.24) is 39.5 Å². The maximum Gasteiger partial charge on any atom is 1.00 e. The molecule has 5 aromatic rings. The Labute approximate surface area is 239 Å². The molecule has 0 N–H and O–H groups in total. The van der Waals surface area contributed by atoms with Gasteiger partial charge in [-0.05, 0) is 48.4 Å². The number of benzene rings is 2.